The minimum absolute atomic E-state index is 0.168. The zero-order chi connectivity index (χ0) is 25.7. The van der Waals surface area contributed by atoms with Crippen molar-refractivity contribution in [1.29, 1.82) is 5.26 Å². The van der Waals surface area contributed by atoms with E-state index in [0.717, 1.165) is 12.0 Å². The smallest absolute Gasteiger partial charge is 0.314 e. The van der Waals surface area contributed by atoms with Gasteiger partial charge in [-0.1, -0.05) is 44.2 Å². The maximum Gasteiger partial charge on any atom is 0.322 e. The number of benzene rings is 3. The zero-order valence-electron chi connectivity index (χ0n) is 20.7. The van der Waals surface area contributed by atoms with Gasteiger partial charge in [0.15, 0.2) is 0 Å². The van der Waals surface area contributed by atoms with Crippen molar-refractivity contribution in [3.05, 3.63) is 100 Å². The van der Waals surface area contributed by atoms with Gasteiger partial charge >= 0.3 is 6.03 Å². The molecule has 1 N–H and O–H groups in total. The number of amides is 2. The molecule has 0 aliphatic carbocycles. The van der Waals surface area contributed by atoms with Gasteiger partial charge in [0, 0.05) is 12.2 Å². The predicted molar refractivity (Wildman–Crippen MR) is 142 cm³/mol. The van der Waals surface area contributed by atoms with Gasteiger partial charge in [0.1, 0.15) is 5.82 Å². The van der Waals surface area contributed by atoms with Gasteiger partial charge in [-0.05, 0) is 67.8 Å². The van der Waals surface area contributed by atoms with E-state index in [1.165, 1.54) is 0 Å². The van der Waals surface area contributed by atoms with Gasteiger partial charge in [0.2, 0.25) is 0 Å². The number of fused-ring (bicyclic) bond motifs is 1. The Kier molecular flexibility index (Phi) is 7.45. The number of urea groups is 1. The van der Waals surface area contributed by atoms with Crippen LogP contribution in [-0.2, 0) is 0 Å². The fraction of sp³-hybridized carbons (Fsp3) is 0.241. The summed E-state index contributed by atoms with van der Waals surface area (Å²) in [5, 5.41) is 12.7. The average molecular weight is 480 g/mol. The Morgan fingerprint density at radius 1 is 1.08 bits per heavy atom. The van der Waals surface area contributed by atoms with Gasteiger partial charge in [-0.25, -0.2) is 9.78 Å². The molecule has 36 heavy (non-hydrogen) atoms. The van der Waals surface area contributed by atoms with E-state index in [4.69, 9.17) is 4.98 Å². The molecule has 0 saturated heterocycles. The lowest BCUT2D eigenvalue weighted by Gasteiger charge is -2.32. The fourth-order valence-corrected chi connectivity index (χ4v) is 4.43. The van der Waals surface area contributed by atoms with E-state index >= 15 is 0 Å². The molecule has 182 valence electrons. The molecule has 1 heterocycles. The number of carbonyl (C=O) groups excluding carboxylic acids is 1. The lowest BCUT2D eigenvalue weighted by atomic mass is 10.1. The number of nitrogens with zero attached hydrogens (tertiary/aromatic N) is 4. The molecule has 0 aliphatic rings. The molecular weight excluding hydrogens is 450 g/mol. The van der Waals surface area contributed by atoms with E-state index in [9.17, 15) is 14.9 Å². The van der Waals surface area contributed by atoms with E-state index < -0.39 is 6.04 Å². The van der Waals surface area contributed by atoms with Crippen LogP contribution in [-0.4, -0.2) is 27.0 Å². The van der Waals surface area contributed by atoms with Crippen LogP contribution in [0, 0.1) is 18.3 Å². The molecule has 1 atom stereocenters. The number of aromatic nitrogens is 2. The van der Waals surface area contributed by atoms with Crippen molar-refractivity contribution in [3.8, 4) is 11.8 Å². The topological polar surface area (TPSA) is 91.0 Å². The lowest BCUT2D eigenvalue weighted by Crippen LogP contribution is -2.41. The molecule has 4 aromatic rings. The maximum atomic E-state index is 13.8. The van der Waals surface area contributed by atoms with Crippen LogP contribution >= 0.6 is 0 Å². The van der Waals surface area contributed by atoms with Crippen molar-refractivity contribution in [2.45, 2.75) is 39.7 Å². The predicted octanol–water partition coefficient (Wildman–Crippen LogP) is 5.96. The van der Waals surface area contributed by atoms with Gasteiger partial charge < -0.3 is 10.2 Å². The SMILES string of the molecule is CCCN(C(=O)Nc1cccc(C#N)c1)C(CC)c1nc2ccccc2c(=O)n1-c1cccc(C)c1. The standard InChI is InChI=1S/C29H29N5O2/c1-4-16-33(29(36)31-22-12-9-11-21(18-22)19-30)26(5-2)27-32-25-15-7-6-14-24(25)28(35)34(27)23-13-8-10-20(3)17-23/h6-15,17-18,26H,4-5,16H2,1-3H3,(H,31,36). The minimum atomic E-state index is -0.457. The van der Waals surface area contributed by atoms with E-state index in [1.54, 1.807) is 39.8 Å². The van der Waals surface area contributed by atoms with Gasteiger partial charge in [-0.2, -0.15) is 5.26 Å². The second-order valence-electron chi connectivity index (χ2n) is 8.71. The van der Waals surface area contributed by atoms with E-state index in [0.29, 0.717) is 46.6 Å². The first-order valence-corrected chi connectivity index (χ1v) is 12.1. The van der Waals surface area contributed by atoms with Crippen LogP contribution in [0.1, 0.15) is 49.7 Å². The fourth-order valence-electron chi connectivity index (χ4n) is 4.43. The molecule has 0 saturated carbocycles. The van der Waals surface area contributed by atoms with Crippen LogP contribution in [0.4, 0.5) is 10.5 Å². The van der Waals surface area contributed by atoms with Crippen LogP contribution in [0.3, 0.4) is 0 Å². The first-order chi connectivity index (χ1) is 17.5. The number of nitriles is 1. The van der Waals surface area contributed by atoms with Gasteiger partial charge in [0.05, 0.1) is 34.3 Å². The first-order valence-electron chi connectivity index (χ1n) is 12.1. The first kappa shape index (κ1) is 24.7. The number of aryl methyl sites for hydroxylation is 1. The number of nitrogens with one attached hydrogen (secondary N) is 1. The van der Waals surface area contributed by atoms with Crippen LogP contribution in [0.2, 0.25) is 0 Å². The Morgan fingerprint density at radius 2 is 1.86 bits per heavy atom. The summed E-state index contributed by atoms with van der Waals surface area (Å²) in [6.07, 6.45) is 1.28. The summed E-state index contributed by atoms with van der Waals surface area (Å²) in [4.78, 5) is 34.0. The normalized spacial score (nSPS) is 11.6. The molecule has 4 rings (SSSR count). The molecule has 3 aromatic carbocycles. The van der Waals surface area contributed by atoms with Crippen LogP contribution in [0.25, 0.3) is 16.6 Å². The summed E-state index contributed by atoms with van der Waals surface area (Å²) in [5.41, 5.74) is 3.16. The Hall–Kier alpha value is -4.44. The Balaban J connectivity index is 1.86. The summed E-state index contributed by atoms with van der Waals surface area (Å²) in [7, 11) is 0. The molecule has 7 heteroatoms. The molecule has 0 aliphatic heterocycles. The summed E-state index contributed by atoms with van der Waals surface area (Å²) in [6.45, 7) is 6.44. The van der Waals surface area contributed by atoms with Crippen molar-refractivity contribution in [2.75, 3.05) is 11.9 Å². The van der Waals surface area contributed by atoms with Crippen LogP contribution in [0.15, 0.2) is 77.6 Å². The maximum absolute atomic E-state index is 13.8. The number of rotatable bonds is 7. The molecule has 7 nitrogen and oxygen atoms in total. The largest absolute Gasteiger partial charge is 0.322 e. The summed E-state index contributed by atoms with van der Waals surface area (Å²) in [5.74, 6) is 0.515. The van der Waals surface area contributed by atoms with Crippen molar-refractivity contribution in [3.63, 3.8) is 0 Å². The highest BCUT2D eigenvalue weighted by Gasteiger charge is 2.29. The molecule has 1 unspecified atom stereocenters. The van der Waals surface area contributed by atoms with Crippen LogP contribution in [0.5, 0.6) is 0 Å². The van der Waals surface area contributed by atoms with Crippen molar-refractivity contribution in [1.82, 2.24) is 14.5 Å². The van der Waals surface area contributed by atoms with E-state index in [-0.39, 0.29) is 11.6 Å². The highest BCUT2D eigenvalue weighted by Crippen LogP contribution is 2.27. The second kappa shape index (κ2) is 10.9. The summed E-state index contributed by atoms with van der Waals surface area (Å²) >= 11 is 0. The molecule has 1 aromatic heterocycles. The number of anilines is 1. The highest BCUT2D eigenvalue weighted by molar-refractivity contribution is 5.90. The van der Waals surface area contributed by atoms with Gasteiger partial charge in [-0.15, -0.1) is 0 Å². The number of hydrogen-bond acceptors (Lipinski definition) is 4. The molecular formula is C29H29N5O2. The molecule has 0 bridgehead atoms. The highest BCUT2D eigenvalue weighted by atomic mass is 16.2. The summed E-state index contributed by atoms with van der Waals surface area (Å²) < 4.78 is 1.63. The number of para-hydroxylation sites is 1. The quantitative estimate of drug-likeness (QED) is 0.354. The van der Waals surface area contributed by atoms with Crippen molar-refractivity contribution in [2.24, 2.45) is 0 Å². The van der Waals surface area contributed by atoms with Gasteiger partial charge in [0.25, 0.3) is 5.56 Å². The minimum Gasteiger partial charge on any atom is -0.314 e. The third kappa shape index (κ3) is 4.98. The third-order valence-corrected chi connectivity index (χ3v) is 6.09. The molecule has 0 fully saturated rings. The van der Waals surface area contributed by atoms with Gasteiger partial charge in [-0.3, -0.25) is 9.36 Å². The van der Waals surface area contributed by atoms with E-state index in [2.05, 4.69) is 11.4 Å². The molecule has 2 amide bonds. The number of carbonyl (C=O) groups is 1. The molecule has 0 radical (unpaired) electrons. The second-order valence-corrected chi connectivity index (χ2v) is 8.71. The van der Waals surface area contributed by atoms with E-state index in [1.807, 2.05) is 63.2 Å². The Morgan fingerprint density at radius 3 is 2.58 bits per heavy atom. The monoisotopic (exact) mass is 479 g/mol. The third-order valence-electron chi connectivity index (χ3n) is 6.09. The Labute approximate surface area is 210 Å². The summed E-state index contributed by atoms with van der Waals surface area (Å²) in [6, 6.07) is 23.2. The van der Waals surface area contributed by atoms with Crippen molar-refractivity contribution >= 4 is 22.6 Å². The Bertz CT molecular complexity index is 1500. The average Bonchev–Trinajstić information content (AvgIpc) is 2.89. The molecule has 0 spiro atoms. The lowest BCUT2D eigenvalue weighted by molar-refractivity contribution is 0.181. The van der Waals surface area contributed by atoms with Crippen LogP contribution < -0.4 is 10.9 Å². The number of hydrogen-bond donors (Lipinski definition) is 1. The van der Waals surface area contributed by atoms with Crippen molar-refractivity contribution < 1.29 is 4.79 Å². The zero-order valence-corrected chi connectivity index (χ0v) is 20.7.